The molecule has 0 radical (unpaired) electrons. The molecule has 1 aromatic carbocycles. The van der Waals surface area contributed by atoms with Gasteiger partial charge in [0, 0.05) is 17.0 Å². The number of benzene rings is 1. The minimum Gasteiger partial charge on any atom is -0.497 e. The molecule has 2 aromatic rings. The van der Waals surface area contributed by atoms with Crippen molar-refractivity contribution in [2.75, 3.05) is 12.4 Å². The first-order chi connectivity index (χ1) is 10.5. The highest BCUT2D eigenvalue weighted by atomic mass is 32.2. The zero-order valence-corrected chi connectivity index (χ0v) is 14.1. The summed E-state index contributed by atoms with van der Waals surface area (Å²) in [6.07, 6.45) is 1.69. The van der Waals surface area contributed by atoms with E-state index in [0.29, 0.717) is 0 Å². The largest absolute Gasteiger partial charge is 0.497 e. The van der Waals surface area contributed by atoms with Crippen molar-refractivity contribution < 1.29 is 9.53 Å². The van der Waals surface area contributed by atoms with Gasteiger partial charge < -0.3 is 10.1 Å². The van der Waals surface area contributed by atoms with E-state index in [1.807, 2.05) is 51.1 Å². The van der Waals surface area contributed by atoms with Gasteiger partial charge in [0.05, 0.1) is 18.6 Å². The van der Waals surface area contributed by atoms with Gasteiger partial charge in [0.15, 0.2) is 0 Å². The number of carbonyl (C=O) groups excluding carboxylic acids is 1. The van der Waals surface area contributed by atoms with Crippen LogP contribution in [0, 0.1) is 0 Å². The Bertz CT molecular complexity index is 623. The molecule has 1 heterocycles. The molecule has 5 nitrogen and oxygen atoms in total. The zero-order valence-electron chi connectivity index (χ0n) is 13.2. The van der Waals surface area contributed by atoms with E-state index in [1.165, 1.54) is 11.8 Å². The number of hydrogen-bond donors (Lipinski definition) is 1. The maximum Gasteiger partial charge on any atom is 0.238 e. The normalized spacial score (nSPS) is 12.2. The molecule has 0 bridgehead atoms. The van der Waals surface area contributed by atoms with Gasteiger partial charge in [-0.1, -0.05) is 0 Å². The van der Waals surface area contributed by atoms with Crippen LogP contribution in [-0.2, 0) is 4.79 Å². The molecule has 6 heteroatoms. The molecule has 2 rings (SSSR count). The van der Waals surface area contributed by atoms with Crippen molar-refractivity contribution in [3.05, 3.63) is 36.5 Å². The lowest BCUT2D eigenvalue weighted by Crippen LogP contribution is -2.24. The fraction of sp³-hybridized carbons (Fsp3) is 0.375. The summed E-state index contributed by atoms with van der Waals surface area (Å²) in [6.45, 7) is 5.94. The van der Waals surface area contributed by atoms with E-state index in [2.05, 4.69) is 10.4 Å². The number of rotatable bonds is 6. The molecule has 0 aliphatic carbocycles. The minimum atomic E-state index is -0.205. The van der Waals surface area contributed by atoms with E-state index < -0.39 is 0 Å². The molecule has 1 amide bonds. The molecular weight excluding hydrogens is 298 g/mol. The van der Waals surface area contributed by atoms with Crippen LogP contribution < -0.4 is 10.1 Å². The Morgan fingerprint density at radius 1 is 1.23 bits per heavy atom. The van der Waals surface area contributed by atoms with Gasteiger partial charge in [-0.15, -0.1) is 11.8 Å². The van der Waals surface area contributed by atoms with Crippen LogP contribution >= 0.6 is 11.8 Å². The highest BCUT2D eigenvalue weighted by molar-refractivity contribution is 8.00. The minimum absolute atomic E-state index is 0.0387. The van der Waals surface area contributed by atoms with Crippen molar-refractivity contribution in [3.63, 3.8) is 0 Å². The maximum atomic E-state index is 12.3. The third-order valence-corrected chi connectivity index (χ3v) is 4.26. The summed E-state index contributed by atoms with van der Waals surface area (Å²) >= 11 is 1.51. The number of nitrogens with one attached hydrogen (secondary N) is 1. The summed E-state index contributed by atoms with van der Waals surface area (Å²) in [5, 5.41) is 6.94. The Morgan fingerprint density at radius 3 is 2.50 bits per heavy atom. The Labute approximate surface area is 135 Å². The van der Waals surface area contributed by atoms with Gasteiger partial charge in [-0.3, -0.25) is 4.79 Å². The number of hydrogen-bond acceptors (Lipinski definition) is 4. The van der Waals surface area contributed by atoms with Crippen molar-refractivity contribution in [2.24, 2.45) is 0 Å². The number of anilines is 1. The van der Waals surface area contributed by atoms with Gasteiger partial charge >= 0.3 is 0 Å². The second kappa shape index (κ2) is 7.35. The Morgan fingerprint density at radius 2 is 1.91 bits per heavy atom. The van der Waals surface area contributed by atoms with Crippen molar-refractivity contribution in [3.8, 4) is 5.75 Å². The fourth-order valence-corrected chi connectivity index (χ4v) is 2.83. The van der Waals surface area contributed by atoms with Crippen LogP contribution in [0.4, 0.5) is 5.82 Å². The number of thioether (sulfide) groups is 1. The third-order valence-electron chi connectivity index (χ3n) is 3.15. The second-order valence-corrected chi connectivity index (χ2v) is 6.59. The molecule has 0 fully saturated rings. The van der Waals surface area contributed by atoms with Crippen molar-refractivity contribution in [1.29, 1.82) is 0 Å². The van der Waals surface area contributed by atoms with Crippen LogP contribution in [-0.4, -0.2) is 28.0 Å². The molecule has 0 aliphatic rings. The molecule has 1 aromatic heterocycles. The second-order valence-electron chi connectivity index (χ2n) is 5.18. The molecule has 0 aliphatic heterocycles. The van der Waals surface area contributed by atoms with Gasteiger partial charge in [0.2, 0.25) is 5.91 Å². The average Bonchev–Trinajstić information content (AvgIpc) is 2.96. The van der Waals surface area contributed by atoms with Crippen LogP contribution in [0.15, 0.2) is 41.4 Å². The van der Waals surface area contributed by atoms with Crippen LogP contribution in [0.2, 0.25) is 0 Å². The topological polar surface area (TPSA) is 56.1 Å². The van der Waals surface area contributed by atoms with Gasteiger partial charge in [0.1, 0.15) is 11.6 Å². The first-order valence-corrected chi connectivity index (χ1v) is 8.04. The van der Waals surface area contributed by atoms with E-state index in [1.54, 1.807) is 18.0 Å². The molecule has 0 unspecified atom stereocenters. The number of methoxy groups -OCH3 is 1. The Balaban J connectivity index is 1.98. The lowest BCUT2D eigenvalue weighted by atomic mass is 10.3. The average molecular weight is 319 g/mol. The summed E-state index contributed by atoms with van der Waals surface area (Å²) in [4.78, 5) is 13.3. The first kappa shape index (κ1) is 16.4. The van der Waals surface area contributed by atoms with E-state index in [4.69, 9.17) is 4.74 Å². The number of carbonyl (C=O) groups is 1. The molecule has 0 saturated carbocycles. The summed E-state index contributed by atoms with van der Waals surface area (Å²) in [5.74, 6) is 1.49. The third kappa shape index (κ3) is 4.04. The van der Waals surface area contributed by atoms with Crippen molar-refractivity contribution >= 4 is 23.5 Å². The summed E-state index contributed by atoms with van der Waals surface area (Å²) < 4.78 is 6.92. The standard InChI is InChI=1S/C16H21N3O2S/c1-11(2)19-15(9-10-17-19)18-16(20)12(3)22-14-7-5-13(21-4)6-8-14/h5-12H,1-4H3,(H,18,20)/t12-/m1/s1. The molecule has 1 N–H and O–H groups in total. The van der Waals surface area contributed by atoms with Crippen molar-refractivity contribution in [1.82, 2.24) is 9.78 Å². The van der Waals surface area contributed by atoms with Crippen molar-refractivity contribution in [2.45, 2.75) is 37.0 Å². The van der Waals surface area contributed by atoms with E-state index >= 15 is 0 Å². The zero-order chi connectivity index (χ0) is 16.1. The predicted octanol–water partition coefficient (Wildman–Crippen LogP) is 3.59. The highest BCUT2D eigenvalue weighted by Crippen LogP contribution is 2.26. The Kier molecular flexibility index (Phi) is 5.49. The molecule has 1 atom stereocenters. The van der Waals surface area contributed by atoms with Crippen LogP contribution in [0.1, 0.15) is 26.8 Å². The summed E-state index contributed by atoms with van der Waals surface area (Å²) in [5.41, 5.74) is 0. The first-order valence-electron chi connectivity index (χ1n) is 7.16. The quantitative estimate of drug-likeness (QED) is 0.827. The molecule has 0 saturated heterocycles. The SMILES string of the molecule is COc1ccc(S[C@H](C)C(=O)Nc2ccnn2C(C)C)cc1. The highest BCUT2D eigenvalue weighted by Gasteiger charge is 2.17. The number of ether oxygens (including phenoxy) is 1. The number of aromatic nitrogens is 2. The van der Waals surface area contributed by atoms with Gasteiger partial charge in [-0.25, -0.2) is 4.68 Å². The fourth-order valence-electron chi connectivity index (χ4n) is 1.96. The van der Waals surface area contributed by atoms with Gasteiger partial charge in [0.25, 0.3) is 0 Å². The lowest BCUT2D eigenvalue weighted by molar-refractivity contribution is -0.115. The summed E-state index contributed by atoms with van der Waals surface area (Å²) in [7, 11) is 1.64. The van der Waals surface area contributed by atoms with Gasteiger partial charge in [-0.05, 0) is 45.0 Å². The van der Waals surface area contributed by atoms with E-state index in [0.717, 1.165) is 16.5 Å². The lowest BCUT2D eigenvalue weighted by Gasteiger charge is -2.15. The molecular formula is C16H21N3O2S. The van der Waals surface area contributed by atoms with Gasteiger partial charge in [-0.2, -0.15) is 5.10 Å². The van der Waals surface area contributed by atoms with E-state index in [-0.39, 0.29) is 17.2 Å². The van der Waals surface area contributed by atoms with Crippen LogP contribution in [0.3, 0.4) is 0 Å². The smallest absolute Gasteiger partial charge is 0.238 e. The van der Waals surface area contributed by atoms with Crippen LogP contribution in [0.25, 0.3) is 0 Å². The summed E-state index contributed by atoms with van der Waals surface area (Å²) in [6, 6.07) is 9.69. The molecule has 0 spiro atoms. The monoisotopic (exact) mass is 319 g/mol. The predicted molar refractivity (Wildman–Crippen MR) is 89.6 cm³/mol. The van der Waals surface area contributed by atoms with Crippen LogP contribution in [0.5, 0.6) is 5.75 Å². The number of amides is 1. The number of nitrogens with zero attached hydrogens (tertiary/aromatic N) is 2. The molecule has 118 valence electrons. The van der Waals surface area contributed by atoms with E-state index in [9.17, 15) is 4.79 Å². The Hall–Kier alpha value is -1.95. The molecule has 22 heavy (non-hydrogen) atoms. The maximum absolute atomic E-state index is 12.3.